The normalized spacial score (nSPS) is 10.3. The number of carbonyl (C=O) groups is 2. The predicted molar refractivity (Wildman–Crippen MR) is 105 cm³/mol. The number of ether oxygens (including phenoxy) is 2. The third-order valence-corrected chi connectivity index (χ3v) is 5.09. The molecule has 0 atom stereocenters. The van der Waals surface area contributed by atoms with E-state index in [2.05, 4.69) is 26.1 Å². The van der Waals surface area contributed by atoms with Gasteiger partial charge in [0.05, 0.1) is 12.9 Å². The van der Waals surface area contributed by atoms with Crippen LogP contribution in [-0.4, -0.2) is 55.3 Å². The van der Waals surface area contributed by atoms with Crippen LogP contribution in [0.1, 0.15) is 6.42 Å². The Bertz CT molecular complexity index is 756. The van der Waals surface area contributed by atoms with E-state index in [0.717, 1.165) is 11.4 Å². The summed E-state index contributed by atoms with van der Waals surface area (Å²) in [5, 5.41) is 16.6. The molecule has 0 saturated carbocycles. The fourth-order valence-corrected chi connectivity index (χ4v) is 3.47. The third-order valence-electron chi connectivity index (χ3n) is 3.12. The number of carbonyl (C=O) groups excluding carboxylic acids is 2. The number of hydrogen-bond donors (Lipinski definition) is 3. The number of imide groups is 1. The fraction of sp³-hybridized carbons (Fsp3) is 0.375. The lowest BCUT2D eigenvalue weighted by molar-refractivity contribution is -0.117. The Hall–Kier alpha value is -2.37. The molecule has 9 nitrogen and oxygen atoms in total. The minimum Gasteiger partial charge on any atom is -0.497 e. The SMILES string of the molecule is COCCCNC(=O)NC(=O)CSc1nnc(Nc2cccc(OC)c2)s1. The van der Waals surface area contributed by atoms with Gasteiger partial charge in [-0.15, -0.1) is 10.2 Å². The number of nitrogens with one attached hydrogen (secondary N) is 3. The first kappa shape index (κ1) is 20.9. The second-order valence-corrected chi connectivity index (χ2v) is 7.37. The summed E-state index contributed by atoms with van der Waals surface area (Å²) in [6.07, 6.45) is 0.681. The van der Waals surface area contributed by atoms with Gasteiger partial charge in [0, 0.05) is 32.0 Å². The second kappa shape index (κ2) is 11.4. The van der Waals surface area contributed by atoms with E-state index >= 15 is 0 Å². The van der Waals surface area contributed by atoms with Crippen molar-refractivity contribution in [1.29, 1.82) is 0 Å². The molecule has 0 fully saturated rings. The number of amides is 3. The molecule has 3 N–H and O–H groups in total. The number of rotatable bonds is 10. The Morgan fingerprint density at radius 3 is 2.89 bits per heavy atom. The lowest BCUT2D eigenvalue weighted by atomic mass is 10.3. The highest BCUT2D eigenvalue weighted by atomic mass is 32.2. The lowest BCUT2D eigenvalue weighted by Crippen LogP contribution is -2.40. The zero-order valence-electron chi connectivity index (χ0n) is 15.0. The van der Waals surface area contributed by atoms with E-state index < -0.39 is 11.9 Å². The standard InChI is InChI=1S/C16H21N5O4S2/c1-24-8-4-7-17-14(23)19-13(22)10-26-16-21-20-15(27-16)18-11-5-3-6-12(9-11)25-2/h3,5-6,9H,4,7-8,10H2,1-2H3,(H,18,20)(H2,17,19,22,23). The fourth-order valence-electron chi connectivity index (χ4n) is 1.90. The van der Waals surface area contributed by atoms with Crippen molar-refractivity contribution in [2.75, 3.05) is 38.4 Å². The lowest BCUT2D eigenvalue weighted by Gasteiger charge is -2.05. The van der Waals surface area contributed by atoms with Crippen molar-refractivity contribution in [3.63, 3.8) is 0 Å². The summed E-state index contributed by atoms with van der Waals surface area (Å²) in [4.78, 5) is 23.3. The Morgan fingerprint density at radius 1 is 1.26 bits per heavy atom. The van der Waals surface area contributed by atoms with Crippen LogP contribution in [0.4, 0.5) is 15.6 Å². The largest absolute Gasteiger partial charge is 0.497 e. The molecule has 3 amide bonds. The van der Waals surface area contributed by atoms with E-state index in [-0.39, 0.29) is 5.75 Å². The summed E-state index contributed by atoms with van der Waals surface area (Å²) >= 11 is 2.53. The van der Waals surface area contributed by atoms with Gasteiger partial charge in [0.1, 0.15) is 5.75 Å². The monoisotopic (exact) mass is 411 g/mol. The van der Waals surface area contributed by atoms with Gasteiger partial charge in [0.25, 0.3) is 0 Å². The predicted octanol–water partition coefficient (Wildman–Crippen LogP) is 2.24. The molecule has 0 aliphatic rings. The van der Waals surface area contributed by atoms with E-state index in [4.69, 9.17) is 9.47 Å². The molecule has 0 unspecified atom stereocenters. The molecule has 1 heterocycles. The molecular weight excluding hydrogens is 390 g/mol. The van der Waals surface area contributed by atoms with Crippen LogP contribution in [0.5, 0.6) is 5.75 Å². The Morgan fingerprint density at radius 2 is 2.11 bits per heavy atom. The van der Waals surface area contributed by atoms with Crippen molar-refractivity contribution in [2.24, 2.45) is 0 Å². The number of anilines is 2. The second-order valence-electron chi connectivity index (χ2n) is 5.17. The smallest absolute Gasteiger partial charge is 0.321 e. The zero-order valence-corrected chi connectivity index (χ0v) is 16.6. The number of hydrogen-bond acceptors (Lipinski definition) is 9. The van der Waals surface area contributed by atoms with Crippen LogP contribution in [0, 0.1) is 0 Å². The van der Waals surface area contributed by atoms with Crippen molar-refractivity contribution in [2.45, 2.75) is 10.8 Å². The van der Waals surface area contributed by atoms with Gasteiger partial charge in [-0.1, -0.05) is 29.2 Å². The van der Waals surface area contributed by atoms with Crippen molar-refractivity contribution < 1.29 is 19.1 Å². The number of urea groups is 1. The minimum atomic E-state index is -0.519. The summed E-state index contributed by atoms with van der Waals surface area (Å²) in [5.74, 6) is 0.400. The van der Waals surface area contributed by atoms with Gasteiger partial charge in [-0.3, -0.25) is 10.1 Å². The number of nitrogens with zero attached hydrogens (tertiary/aromatic N) is 2. The van der Waals surface area contributed by atoms with Gasteiger partial charge in [-0.05, 0) is 18.6 Å². The summed E-state index contributed by atoms with van der Waals surface area (Å²) in [6, 6.07) is 6.92. The van der Waals surface area contributed by atoms with Gasteiger partial charge < -0.3 is 20.1 Å². The van der Waals surface area contributed by atoms with E-state index in [1.807, 2.05) is 24.3 Å². The molecule has 27 heavy (non-hydrogen) atoms. The molecule has 0 spiro atoms. The maximum Gasteiger partial charge on any atom is 0.321 e. The minimum absolute atomic E-state index is 0.0687. The maximum atomic E-state index is 11.8. The summed E-state index contributed by atoms with van der Waals surface area (Å²) in [7, 11) is 3.19. The van der Waals surface area contributed by atoms with E-state index in [1.165, 1.54) is 23.1 Å². The first-order chi connectivity index (χ1) is 13.1. The maximum absolute atomic E-state index is 11.8. The number of aromatic nitrogens is 2. The molecule has 0 bridgehead atoms. The molecule has 146 valence electrons. The highest BCUT2D eigenvalue weighted by molar-refractivity contribution is 8.01. The summed E-state index contributed by atoms with van der Waals surface area (Å²) in [5.41, 5.74) is 0.824. The Balaban J connectivity index is 1.73. The Labute approximate surface area is 165 Å². The van der Waals surface area contributed by atoms with Crippen LogP contribution in [0.15, 0.2) is 28.6 Å². The highest BCUT2D eigenvalue weighted by Gasteiger charge is 2.11. The first-order valence-electron chi connectivity index (χ1n) is 8.04. The van der Waals surface area contributed by atoms with E-state index in [0.29, 0.717) is 29.0 Å². The molecule has 0 radical (unpaired) electrons. The quantitative estimate of drug-likeness (QED) is 0.403. The highest BCUT2D eigenvalue weighted by Crippen LogP contribution is 2.28. The average Bonchev–Trinajstić information content (AvgIpc) is 3.11. The molecule has 1 aromatic heterocycles. The van der Waals surface area contributed by atoms with Gasteiger partial charge in [-0.25, -0.2) is 4.79 Å². The van der Waals surface area contributed by atoms with Crippen molar-refractivity contribution in [3.05, 3.63) is 24.3 Å². The third kappa shape index (κ3) is 7.81. The molecule has 0 aliphatic heterocycles. The van der Waals surface area contributed by atoms with Crippen LogP contribution >= 0.6 is 23.1 Å². The zero-order chi connectivity index (χ0) is 19.5. The van der Waals surface area contributed by atoms with Gasteiger partial charge in [-0.2, -0.15) is 0 Å². The van der Waals surface area contributed by atoms with Gasteiger partial charge >= 0.3 is 6.03 Å². The number of benzene rings is 1. The average molecular weight is 412 g/mol. The van der Waals surface area contributed by atoms with E-state index in [9.17, 15) is 9.59 Å². The molecule has 2 rings (SSSR count). The van der Waals surface area contributed by atoms with E-state index in [1.54, 1.807) is 14.2 Å². The molecule has 0 aliphatic carbocycles. The van der Waals surface area contributed by atoms with Crippen molar-refractivity contribution >= 4 is 45.9 Å². The molecular formula is C16H21N5O4S2. The van der Waals surface area contributed by atoms with Crippen LogP contribution in [0.25, 0.3) is 0 Å². The topological polar surface area (TPSA) is 114 Å². The van der Waals surface area contributed by atoms with Crippen LogP contribution in [0.2, 0.25) is 0 Å². The van der Waals surface area contributed by atoms with Crippen LogP contribution in [-0.2, 0) is 9.53 Å². The summed E-state index contributed by atoms with van der Waals surface area (Å²) in [6.45, 7) is 0.989. The van der Waals surface area contributed by atoms with Crippen molar-refractivity contribution in [3.8, 4) is 5.75 Å². The molecule has 2 aromatic rings. The van der Waals surface area contributed by atoms with Gasteiger partial charge in [0.2, 0.25) is 11.0 Å². The summed E-state index contributed by atoms with van der Waals surface area (Å²) < 4.78 is 10.7. The van der Waals surface area contributed by atoms with Crippen LogP contribution < -0.4 is 20.7 Å². The molecule has 1 aromatic carbocycles. The molecule has 0 saturated heterocycles. The Kier molecular flexibility index (Phi) is 8.81. The van der Waals surface area contributed by atoms with Crippen molar-refractivity contribution in [1.82, 2.24) is 20.8 Å². The van der Waals surface area contributed by atoms with Gasteiger partial charge in [0.15, 0.2) is 4.34 Å². The number of methoxy groups -OCH3 is 2. The van der Waals surface area contributed by atoms with Crippen LogP contribution in [0.3, 0.4) is 0 Å². The molecule has 11 heteroatoms. The number of thioether (sulfide) groups is 1. The first-order valence-corrected chi connectivity index (χ1v) is 9.85.